The average molecular weight is 295 g/mol. The van der Waals surface area contributed by atoms with E-state index in [0.717, 1.165) is 12.8 Å². The highest BCUT2D eigenvalue weighted by molar-refractivity contribution is 5.82. The number of nitrogens with zero attached hydrogens (tertiary/aromatic N) is 1. The largest absolute Gasteiger partial charge is 0.426 e. The molecule has 0 spiro atoms. The van der Waals surface area contributed by atoms with Crippen molar-refractivity contribution in [1.82, 2.24) is 0 Å². The van der Waals surface area contributed by atoms with Crippen LogP contribution in [0, 0.1) is 10.1 Å². The van der Waals surface area contributed by atoms with Gasteiger partial charge < -0.3 is 9.57 Å². The molecule has 0 radical (unpaired) electrons. The van der Waals surface area contributed by atoms with Crippen LogP contribution in [0.1, 0.15) is 42.5 Å². The molecule has 1 aromatic carbocycles. The van der Waals surface area contributed by atoms with Crippen LogP contribution in [-0.4, -0.2) is 23.9 Å². The molecule has 7 nitrogen and oxygen atoms in total. The number of benzene rings is 1. The molecule has 7 heteroatoms. The molecule has 0 aromatic heterocycles. The van der Waals surface area contributed by atoms with E-state index in [2.05, 4.69) is 4.84 Å². The number of hydrogen-bond acceptors (Lipinski definition) is 6. The van der Waals surface area contributed by atoms with Crippen molar-refractivity contribution in [2.45, 2.75) is 32.1 Å². The van der Waals surface area contributed by atoms with Crippen LogP contribution in [-0.2, 0) is 9.63 Å². The van der Waals surface area contributed by atoms with E-state index < -0.39 is 11.1 Å². The number of carbonyl (C=O) groups is 2. The zero-order chi connectivity index (χ0) is 15.5. The van der Waals surface area contributed by atoms with E-state index in [9.17, 15) is 19.7 Å². The molecule has 0 heterocycles. The Morgan fingerprint density at radius 1 is 1.19 bits per heavy atom. The van der Waals surface area contributed by atoms with Gasteiger partial charge in [0.2, 0.25) is 0 Å². The van der Waals surface area contributed by atoms with Crippen molar-refractivity contribution < 1.29 is 24.3 Å². The van der Waals surface area contributed by atoms with E-state index in [1.54, 1.807) is 24.3 Å². The molecular formula is C14H17NO6. The SMILES string of the molecule is O=Cc1ccccc1OC(=O)CCCCCCO[N+](=O)[O-]. The van der Waals surface area contributed by atoms with Crippen molar-refractivity contribution in [2.24, 2.45) is 0 Å². The minimum Gasteiger partial charge on any atom is -0.426 e. The zero-order valence-electron chi connectivity index (χ0n) is 11.5. The molecule has 0 atom stereocenters. The smallest absolute Gasteiger partial charge is 0.311 e. The number of esters is 1. The molecular weight excluding hydrogens is 278 g/mol. The normalized spacial score (nSPS) is 9.90. The van der Waals surface area contributed by atoms with Gasteiger partial charge in [-0.15, -0.1) is 10.1 Å². The van der Waals surface area contributed by atoms with Crippen molar-refractivity contribution in [1.29, 1.82) is 0 Å². The van der Waals surface area contributed by atoms with Gasteiger partial charge in [0.1, 0.15) is 5.75 Å². The van der Waals surface area contributed by atoms with Crippen LogP contribution in [0.15, 0.2) is 24.3 Å². The topological polar surface area (TPSA) is 95.7 Å². The number of carbonyl (C=O) groups excluding carboxylic acids is 2. The Morgan fingerprint density at radius 3 is 2.62 bits per heavy atom. The molecule has 0 fully saturated rings. The third-order valence-corrected chi connectivity index (χ3v) is 2.74. The second-order valence-electron chi connectivity index (χ2n) is 4.35. The first kappa shape index (κ1) is 16.6. The van der Waals surface area contributed by atoms with Gasteiger partial charge >= 0.3 is 5.97 Å². The summed E-state index contributed by atoms with van der Waals surface area (Å²) in [4.78, 5) is 36.4. The fourth-order valence-electron chi connectivity index (χ4n) is 1.71. The van der Waals surface area contributed by atoms with Crippen LogP contribution < -0.4 is 4.74 Å². The summed E-state index contributed by atoms with van der Waals surface area (Å²) < 4.78 is 5.11. The van der Waals surface area contributed by atoms with Crippen LogP contribution in [0.2, 0.25) is 0 Å². The van der Waals surface area contributed by atoms with Crippen molar-refractivity contribution in [2.75, 3.05) is 6.61 Å². The molecule has 0 aliphatic carbocycles. The lowest BCUT2D eigenvalue weighted by Gasteiger charge is -2.06. The van der Waals surface area contributed by atoms with Gasteiger partial charge in [0.05, 0.1) is 12.2 Å². The quantitative estimate of drug-likeness (QED) is 0.164. The monoisotopic (exact) mass is 295 g/mol. The Morgan fingerprint density at radius 2 is 1.90 bits per heavy atom. The maximum atomic E-state index is 11.6. The summed E-state index contributed by atoms with van der Waals surface area (Å²) >= 11 is 0. The number of para-hydroxylation sites is 1. The molecule has 0 bridgehead atoms. The van der Waals surface area contributed by atoms with Crippen molar-refractivity contribution >= 4 is 12.3 Å². The first-order valence-corrected chi connectivity index (χ1v) is 6.65. The van der Waals surface area contributed by atoms with E-state index in [-0.39, 0.29) is 18.8 Å². The van der Waals surface area contributed by atoms with E-state index in [1.165, 1.54) is 0 Å². The predicted molar refractivity (Wildman–Crippen MR) is 73.5 cm³/mol. The molecule has 1 rings (SSSR count). The minimum absolute atomic E-state index is 0.0736. The van der Waals surface area contributed by atoms with E-state index >= 15 is 0 Å². The van der Waals surface area contributed by atoms with Crippen molar-refractivity contribution in [3.63, 3.8) is 0 Å². The lowest BCUT2D eigenvalue weighted by molar-refractivity contribution is -0.757. The Bertz CT molecular complexity index is 488. The van der Waals surface area contributed by atoms with Crippen molar-refractivity contribution in [3.8, 4) is 5.75 Å². The summed E-state index contributed by atoms with van der Waals surface area (Å²) in [6.07, 6.45) is 3.57. The van der Waals surface area contributed by atoms with Gasteiger partial charge in [-0.25, -0.2) is 0 Å². The highest BCUT2D eigenvalue weighted by atomic mass is 16.9. The average Bonchev–Trinajstić information content (AvgIpc) is 2.46. The summed E-state index contributed by atoms with van der Waals surface area (Å²) in [7, 11) is 0. The number of unbranched alkanes of at least 4 members (excludes halogenated alkanes) is 3. The summed E-state index contributed by atoms with van der Waals surface area (Å²) in [6.45, 7) is 0.0736. The molecule has 21 heavy (non-hydrogen) atoms. The molecule has 1 aromatic rings. The van der Waals surface area contributed by atoms with Gasteiger partial charge in [-0.05, 0) is 25.0 Å². The van der Waals surface area contributed by atoms with Crippen LogP contribution >= 0.6 is 0 Å². The number of rotatable bonds is 10. The van der Waals surface area contributed by atoms with Crippen LogP contribution in [0.5, 0.6) is 5.75 Å². The van der Waals surface area contributed by atoms with E-state index in [1.807, 2.05) is 0 Å². The fraction of sp³-hybridized carbons (Fsp3) is 0.429. The van der Waals surface area contributed by atoms with Gasteiger partial charge in [-0.1, -0.05) is 25.0 Å². The lowest BCUT2D eigenvalue weighted by Crippen LogP contribution is -2.09. The maximum Gasteiger partial charge on any atom is 0.311 e. The van der Waals surface area contributed by atoms with Gasteiger partial charge in [-0.3, -0.25) is 9.59 Å². The Hall–Kier alpha value is -2.44. The standard InChI is InChI=1S/C14H17NO6/c16-11-12-7-4-5-8-13(12)21-14(17)9-3-1-2-6-10-20-15(18)19/h4-5,7-8,11H,1-3,6,9-10H2. The predicted octanol–water partition coefficient (Wildman–Crippen LogP) is 2.56. The lowest BCUT2D eigenvalue weighted by atomic mass is 10.1. The number of ether oxygens (including phenoxy) is 1. The van der Waals surface area contributed by atoms with E-state index in [0.29, 0.717) is 24.7 Å². The van der Waals surface area contributed by atoms with Gasteiger partial charge in [0.15, 0.2) is 6.29 Å². The molecule has 0 saturated carbocycles. The molecule has 114 valence electrons. The van der Waals surface area contributed by atoms with Gasteiger partial charge in [0, 0.05) is 6.42 Å². The molecule has 0 unspecified atom stereocenters. The highest BCUT2D eigenvalue weighted by Gasteiger charge is 2.08. The summed E-state index contributed by atoms with van der Waals surface area (Å²) in [5.41, 5.74) is 0.336. The third kappa shape index (κ3) is 7.05. The first-order valence-electron chi connectivity index (χ1n) is 6.65. The first-order chi connectivity index (χ1) is 10.1. The summed E-state index contributed by atoms with van der Waals surface area (Å²) in [5, 5.41) is 9.08. The molecule has 0 aliphatic rings. The maximum absolute atomic E-state index is 11.6. The Labute approximate surface area is 122 Å². The summed E-state index contributed by atoms with van der Waals surface area (Å²) in [6, 6.07) is 6.51. The third-order valence-electron chi connectivity index (χ3n) is 2.74. The number of hydrogen-bond donors (Lipinski definition) is 0. The minimum atomic E-state index is -0.818. The van der Waals surface area contributed by atoms with E-state index in [4.69, 9.17) is 4.74 Å². The number of aldehydes is 1. The fourth-order valence-corrected chi connectivity index (χ4v) is 1.71. The molecule has 0 N–H and O–H groups in total. The highest BCUT2D eigenvalue weighted by Crippen LogP contribution is 2.16. The second-order valence-corrected chi connectivity index (χ2v) is 4.35. The van der Waals surface area contributed by atoms with Gasteiger partial charge in [-0.2, -0.15) is 0 Å². The van der Waals surface area contributed by atoms with Crippen molar-refractivity contribution in [3.05, 3.63) is 39.9 Å². The molecule has 0 aliphatic heterocycles. The van der Waals surface area contributed by atoms with Crippen LogP contribution in [0.3, 0.4) is 0 Å². The van der Waals surface area contributed by atoms with Gasteiger partial charge in [0.25, 0.3) is 5.09 Å². The zero-order valence-corrected chi connectivity index (χ0v) is 11.5. The molecule has 0 amide bonds. The Balaban J connectivity index is 2.17. The summed E-state index contributed by atoms with van der Waals surface area (Å²) in [5.74, 6) is -0.136. The Kier molecular flexibility index (Phi) is 7.49. The van der Waals surface area contributed by atoms with Crippen LogP contribution in [0.25, 0.3) is 0 Å². The second kappa shape index (κ2) is 9.46. The molecule has 0 saturated heterocycles. The van der Waals surface area contributed by atoms with Crippen LogP contribution in [0.4, 0.5) is 0 Å².